The molecule has 0 saturated heterocycles. The lowest BCUT2D eigenvalue weighted by molar-refractivity contribution is -0.385. The van der Waals surface area contributed by atoms with Crippen LogP contribution in [-0.4, -0.2) is 29.5 Å². The molecule has 152 valence electrons. The van der Waals surface area contributed by atoms with Gasteiger partial charge in [0.15, 0.2) is 11.5 Å². The maximum Gasteiger partial charge on any atom is 0.387 e. The monoisotopic (exact) mass is 415 g/mol. The second-order valence-electron chi connectivity index (χ2n) is 6.73. The summed E-state index contributed by atoms with van der Waals surface area (Å²) >= 11 is 1.45. The molecule has 0 radical (unpaired) electrons. The first kappa shape index (κ1) is 21.5. The quantitative estimate of drug-likeness (QED) is 0.544. The van der Waals surface area contributed by atoms with Crippen molar-refractivity contribution in [3.8, 4) is 11.5 Å². The summed E-state index contributed by atoms with van der Waals surface area (Å²) in [5, 5.41) is 16.5. The van der Waals surface area contributed by atoms with Crippen molar-refractivity contribution in [2.45, 2.75) is 39.3 Å². The molecule has 1 amide bonds. The molecule has 1 aromatic heterocycles. The number of hydrogen-bond acceptors (Lipinski definition) is 7. The number of hydrogen-bond donors (Lipinski definition) is 1. The van der Waals surface area contributed by atoms with Gasteiger partial charge in [-0.25, -0.2) is 4.98 Å². The van der Waals surface area contributed by atoms with Gasteiger partial charge in [0.25, 0.3) is 11.6 Å². The third-order valence-corrected chi connectivity index (χ3v) is 4.88. The van der Waals surface area contributed by atoms with Gasteiger partial charge in [0, 0.05) is 16.9 Å². The fraction of sp³-hybridized carbons (Fsp3) is 0.412. The lowest BCUT2D eigenvalue weighted by Crippen LogP contribution is -2.24. The molecule has 1 N–H and O–H groups in total. The van der Waals surface area contributed by atoms with E-state index in [-0.39, 0.29) is 23.3 Å². The maximum atomic E-state index is 12.5. The Morgan fingerprint density at radius 2 is 2.04 bits per heavy atom. The number of ether oxygens (including phenoxy) is 2. The van der Waals surface area contributed by atoms with Crippen LogP contribution in [-0.2, 0) is 12.0 Å². The molecule has 2 aromatic rings. The van der Waals surface area contributed by atoms with Gasteiger partial charge in [-0.05, 0) is 0 Å². The van der Waals surface area contributed by atoms with Gasteiger partial charge in [-0.15, -0.1) is 11.3 Å². The van der Waals surface area contributed by atoms with Crippen molar-refractivity contribution in [2.24, 2.45) is 0 Å². The van der Waals surface area contributed by atoms with E-state index in [9.17, 15) is 23.7 Å². The average Bonchev–Trinajstić information content (AvgIpc) is 3.08. The van der Waals surface area contributed by atoms with E-state index in [0.717, 1.165) is 17.1 Å². The van der Waals surface area contributed by atoms with Crippen LogP contribution >= 0.6 is 11.3 Å². The lowest BCUT2D eigenvalue weighted by atomic mass is 9.98. The first-order valence-electron chi connectivity index (χ1n) is 8.07. The second-order valence-corrected chi connectivity index (χ2v) is 7.59. The number of aromatic nitrogens is 1. The van der Waals surface area contributed by atoms with E-state index in [4.69, 9.17) is 4.74 Å². The van der Waals surface area contributed by atoms with Gasteiger partial charge in [0.05, 0.1) is 35.3 Å². The Balaban J connectivity index is 2.26. The third kappa shape index (κ3) is 5.12. The summed E-state index contributed by atoms with van der Waals surface area (Å²) in [6, 6.07) is 1.73. The SMILES string of the molecule is COc1cc(C(=O)NCc2csc(C(C)(C)C)n2)c([N+](=O)[O-])cc1OC(F)F. The van der Waals surface area contributed by atoms with Crippen LogP contribution in [0.2, 0.25) is 0 Å². The number of methoxy groups -OCH3 is 1. The van der Waals surface area contributed by atoms with Gasteiger partial charge in [-0.3, -0.25) is 14.9 Å². The van der Waals surface area contributed by atoms with E-state index in [2.05, 4.69) is 15.0 Å². The minimum Gasteiger partial charge on any atom is -0.493 e. The highest BCUT2D eigenvalue weighted by Crippen LogP contribution is 2.35. The summed E-state index contributed by atoms with van der Waals surface area (Å²) in [6.45, 7) is 2.88. The molecule has 8 nitrogen and oxygen atoms in total. The number of benzene rings is 1. The number of nitro groups is 1. The van der Waals surface area contributed by atoms with E-state index < -0.39 is 28.9 Å². The summed E-state index contributed by atoms with van der Waals surface area (Å²) in [4.78, 5) is 27.3. The average molecular weight is 415 g/mol. The fourth-order valence-electron chi connectivity index (χ4n) is 2.23. The summed E-state index contributed by atoms with van der Waals surface area (Å²) < 4.78 is 34.1. The predicted molar refractivity (Wildman–Crippen MR) is 98.3 cm³/mol. The highest BCUT2D eigenvalue weighted by atomic mass is 32.1. The molecule has 0 aliphatic rings. The molecule has 1 heterocycles. The Morgan fingerprint density at radius 3 is 2.54 bits per heavy atom. The third-order valence-electron chi connectivity index (χ3n) is 3.56. The zero-order valence-corrected chi connectivity index (χ0v) is 16.4. The van der Waals surface area contributed by atoms with E-state index in [1.54, 1.807) is 5.38 Å². The molecule has 2 rings (SSSR count). The molecule has 0 fully saturated rings. The number of alkyl halides is 2. The van der Waals surface area contributed by atoms with Gasteiger partial charge in [-0.1, -0.05) is 20.8 Å². The van der Waals surface area contributed by atoms with Crippen molar-refractivity contribution in [3.05, 3.63) is 43.9 Å². The highest BCUT2D eigenvalue weighted by molar-refractivity contribution is 7.09. The van der Waals surface area contributed by atoms with Gasteiger partial charge < -0.3 is 14.8 Å². The number of carbonyl (C=O) groups excluding carboxylic acids is 1. The Kier molecular flexibility index (Phi) is 6.49. The summed E-state index contributed by atoms with van der Waals surface area (Å²) in [5.74, 6) is -1.52. The predicted octanol–water partition coefficient (Wildman–Crippen LogP) is 3.89. The van der Waals surface area contributed by atoms with Crippen LogP contribution < -0.4 is 14.8 Å². The Bertz CT molecular complexity index is 880. The van der Waals surface area contributed by atoms with Crippen LogP contribution in [0.3, 0.4) is 0 Å². The Labute approximate surface area is 163 Å². The van der Waals surface area contributed by atoms with Crippen LogP contribution in [0.1, 0.15) is 41.8 Å². The first-order valence-corrected chi connectivity index (χ1v) is 8.95. The standard InChI is InChI=1S/C17H19F2N3O5S/c1-17(2,3)15-21-9(8-28-15)7-20-14(23)10-5-12(26-4)13(27-16(18)19)6-11(10)22(24)25/h5-6,8,16H,7H2,1-4H3,(H,20,23). The number of carbonyl (C=O) groups is 1. The number of rotatable bonds is 7. The van der Waals surface area contributed by atoms with Crippen molar-refractivity contribution in [1.82, 2.24) is 10.3 Å². The van der Waals surface area contributed by atoms with Gasteiger partial charge >= 0.3 is 6.61 Å². The lowest BCUT2D eigenvalue weighted by Gasteiger charge is -2.13. The van der Waals surface area contributed by atoms with Crippen molar-refractivity contribution >= 4 is 22.9 Å². The molecule has 1 aromatic carbocycles. The van der Waals surface area contributed by atoms with Gasteiger partial charge in [0.1, 0.15) is 5.56 Å². The summed E-state index contributed by atoms with van der Waals surface area (Å²) in [7, 11) is 1.17. The smallest absolute Gasteiger partial charge is 0.387 e. The summed E-state index contributed by atoms with van der Waals surface area (Å²) in [6.07, 6.45) is 0. The number of thiazole rings is 1. The van der Waals surface area contributed by atoms with Crippen molar-refractivity contribution < 1.29 is 28.0 Å². The molecular formula is C17H19F2N3O5S. The van der Waals surface area contributed by atoms with Crippen LogP contribution in [0.15, 0.2) is 17.5 Å². The molecule has 0 unspecified atom stereocenters. The molecule has 0 atom stereocenters. The minimum atomic E-state index is -3.20. The number of nitrogens with one attached hydrogen (secondary N) is 1. The van der Waals surface area contributed by atoms with E-state index in [1.807, 2.05) is 20.8 Å². The topological polar surface area (TPSA) is 104 Å². The minimum absolute atomic E-state index is 0.0557. The van der Waals surface area contributed by atoms with Crippen LogP contribution in [0, 0.1) is 10.1 Å². The Hall–Kier alpha value is -2.82. The fourth-order valence-corrected chi connectivity index (χ4v) is 3.14. The number of nitrogens with zero attached hydrogens (tertiary/aromatic N) is 2. The van der Waals surface area contributed by atoms with E-state index >= 15 is 0 Å². The maximum absolute atomic E-state index is 12.5. The van der Waals surface area contributed by atoms with Crippen LogP contribution in [0.25, 0.3) is 0 Å². The number of amides is 1. The van der Waals surface area contributed by atoms with E-state index in [1.165, 1.54) is 18.4 Å². The largest absolute Gasteiger partial charge is 0.493 e. The normalized spacial score (nSPS) is 11.4. The van der Waals surface area contributed by atoms with Crippen molar-refractivity contribution in [3.63, 3.8) is 0 Å². The molecular weight excluding hydrogens is 396 g/mol. The van der Waals surface area contributed by atoms with Crippen molar-refractivity contribution in [2.75, 3.05) is 7.11 Å². The zero-order valence-electron chi connectivity index (χ0n) is 15.6. The molecule has 0 aliphatic heterocycles. The Morgan fingerprint density at radius 1 is 1.36 bits per heavy atom. The summed E-state index contributed by atoms with van der Waals surface area (Å²) in [5.41, 5.74) is -0.549. The number of nitro benzene ring substituents is 1. The van der Waals surface area contributed by atoms with Gasteiger partial charge in [-0.2, -0.15) is 8.78 Å². The van der Waals surface area contributed by atoms with Crippen molar-refractivity contribution in [1.29, 1.82) is 0 Å². The molecule has 28 heavy (non-hydrogen) atoms. The second kappa shape index (κ2) is 8.46. The van der Waals surface area contributed by atoms with Gasteiger partial charge in [0.2, 0.25) is 0 Å². The molecule has 11 heteroatoms. The molecule has 0 spiro atoms. The van der Waals surface area contributed by atoms with Crippen LogP contribution in [0.4, 0.5) is 14.5 Å². The zero-order chi connectivity index (χ0) is 21.1. The van der Waals surface area contributed by atoms with Crippen LogP contribution in [0.5, 0.6) is 11.5 Å². The number of halogens is 2. The molecule has 0 bridgehead atoms. The van der Waals surface area contributed by atoms with E-state index in [0.29, 0.717) is 5.69 Å². The molecule has 0 aliphatic carbocycles. The molecule has 0 saturated carbocycles. The highest BCUT2D eigenvalue weighted by Gasteiger charge is 2.26. The first-order chi connectivity index (χ1) is 13.0.